The van der Waals surface area contributed by atoms with E-state index < -0.39 is 17.3 Å². The Morgan fingerprint density at radius 2 is 2.10 bits per heavy atom. The van der Waals surface area contributed by atoms with Crippen molar-refractivity contribution in [3.05, 3.63) is 34.6 Å². The number of halogens is 2. The van der Waals surface area contributed by atoms with Gasteiger partial charge in [-0.05, 0) is 31.0 Å². The average Bonchev–Trinajstić information content (AvgIpc) is 2.43. The third kappa shape index (κ3) is 3.19. The van der Waals surface area contributed by atoms with Gasteiger partial charge in [0, 0.05) is 0 Å². The molecule has 20 heavy (non-hydrogen) atoms. The maximum atomic E-state index is 13.0. The molecule has 0 aliphatic heterocycles. The first-order chi connectivity index (χ1) is 9.40. The summed E-state index contributed by atoms with van der Waals surface area (Å²) in [5, 5.41) is 14.5. The summed E-state index contributed by atoms with van der Waals surface area (Å²) in [4.78, 5) is 12.2. The van der Waals surface area contributed by atoms with Gasteiger partial charge in [-0.2, -0.15) is 0 Å². The highest BCUT2D eigenvalue weighted by atomic mass is 35.5. The summed E-state index contributed by atoms with van der Waals surface area (Å²) in [6.45, 7) is 3.60. The third-order valence-electron chi connectivity index (χ3n) is 3.33. The molecular weight excluding hydrogens is 285 g/mol. The van der Waals surface area contributed by atoms with Crippen LogP contribution in [0.15, 0.2) is 23.4 Å². The zero-order valence-electron chi connectivity index (χ0n) is 11.3. The standard InChI is InChI=1S/C13H17ClFN3O2/c1-3-13(4-2,12(16)18-20)17-11(19)9-6-5-8(15)7-10(9)14/h5-7,20H,3-4H2,1-2H3,(H2,16,18)(H,17,19). The van der Waals surface area contributed by atoms with E-state index >= 15 is 0 Å². The Balaban J connectivity index is 3.09. The summed E-state index contributed by atoms with van der Waals surface area (Å²) in [5.74, 6) is -1.13. The lowest BCUT2D eigenvalue weighted by atomic mass is 9.91. The molecule has 0 fully saturated rings. The van der Waals surface area contributed by atoms with Crippen molar-refractivity contribution >= 4 is 23.3 Å². The Kier molecular flexibility index (Phi) is 5.33. The number of carbonyl (C=O) groups excluding carboxylic acids is 1. The normalized spacial score (nSPS) is 12.3. The maximum absolute atomic E-state index is 13.0. The van der Waals surface area contributed by atoms with E-state index in [1.54, 1.807) is 13.8 Å². The molecule has 4 N–H and O–H groups in total. The summed E-state index contributed by atoms with van der Waals surface area (Å²) in [7, 11) is 0. The fourth-order valence-electron chi connectivity index (χ4n) is 1.91. The largest absolute Gasteiger partial charge is 0.409 e. The molecule has 1 rings (SSSR count). The second kappa shape index (κ2) is 6.56. The first-order valence-electron chi connectivity index (χ1n) is 6.15. The molecule has 0 aromatic heterocycles. The SMILES string of the molecule is CCC(CC)(NC(=O)c1ccc(F)cc1Cl)/C(N)=N/O. The maximum Gasteiger partial charge on any atom is 0.253 e. The van der Waals surface area contributed by atoms with Crippen LogP contribution in [0, 0.1) is 5.82 Å². The number of amidine groups is 1. The number of benzene rings is 1. The van der Waals surface area contributed by atoms with E-state index in [0.29, 0.717) is 12.8 Å². The van der Waals surface area contributed by atoms with Gasteiger partial charge in [-0.3, -0.25) is 4.79 Å². The van der Waals surface area contributed by atoms with Crippen LogP contribution in [0.4, 0.5) is 4.39 Å². The van der Waals surface area contributed by atoms with E-state index in [2.05, 4.69) is 10.5 Å². The van der Waals surface area contributed by atoms with Gasteiger partial charge in [0.25, 0.3) is 5.91 Å². The number of oxime groups is 1. The number of hydrogen-bond acceptors (Lipinski definition) is 3. The molecular formula is C13H17ClFN3O2. The molecule has 1 aromatic carbocycles. The Morgan fingerprint density at radius 3 is 2.55 bits per heavy atom. The molecule has 0 aliphatic rings. The highest BCUT2D eigenvalue weighted by molar-refractivity contribution is 6.33. The average molecular weight is 302 g/mol. The van der Waals surface area contributed by atoms with Gasteiger partial charge in [-0.15, -0.1) is 0 Å². The van der Waals surface area contributed by atoms with Crippen LogP contribution in [-0.2, 0) is 0 Å². The van der Waals surface area contributed by atoms with Gasteiger partial charge in [0.2, 0.25) is 0 Å². The molecule has 5 nitrogen and oxygen atoms in total. The highest BCUT2D eigenvalue weighted by Gasteiger charge is 2.34. The fraction of sp³-hybridized carbons (Fsp3) is 0.385. The van der Waals surface area contributed by atoms with Crippen molar-refractivity contribution in [1.29, 1.82) is 0 Å². The van der Waals surface area contributed by atoms with Crippen LogP contribution < -0.4 is 11.1 Å². The summed E-state index contributed by atoms with van der Waals surface area (Å²) in [6, 6.07) is 3.48. The predicted octanol–water partition coefficient (Wildman–Crippen LogP) is 2.51. The van der Waals surface area contributed by atoms with E-state index in [0.717, 1.165) is 12.1 Å². The smallest absolute Gasteiger partial charge is 0.253 e. The van der Waals surface area contributed by atoms with Gasteiger partial charge in [0.1, 0.15) is 11.4 Å². The fourth-order valence-corrected chi connectivity index (χ4v) is 2.16. The Hall–Kier alpha value is -1.82. The summed E-state index contributed by atoms with van der Waals surface area (Å²) >= 11 is 5.84. The number of rotatable bonds is 5. The number of hydrogen-bond donors (Lipinski definition) is 3. The molecule has 1 amide bonds. The number of nitrogens with two attached hydrogens (primary N) is 1. The molecule has 0 aliphatic carbocycles. The molecule has 7 heteroatoms. The van der Waals surface area contributed by atoms with Gasteiger partial charge in [-0.25, -0.2) is 4.39 Å². The lowest BCUT2D eigenvalue weighted by molar-refractivity contribution is 0.0918. The molecule has 1 aromatic rings. The van der Waals surface area contributed by atoms with E-state index in [-0.39, 0.29) is 16.4 Å². The first-order valence-corrected chi connectivity index (χ1v) is 6.53. The highest BCUT2D eigenvalue weighted by Crippen LogP contribution is 2.21. The molecule has 0 saturated carbocycles. The Morgan fingerprint density at radius 1 is 1.50 bits per heavy atom. The molecule has 0 saturated heterocycles. The van der Waals surface area contributed by atoms with E-state index in [1.165, 1.54) is 6.07 Å². The molecule has 110 valence electrons. The zero-order valence-corrected chi connectivity index (χ0v) is 12.0. The van der Waals surface area contributed by atoms with Gasteiger partial charge in [0.15, 0.2) is 5.84 Å². The van der Waals surface area contributed by atoms with Crippen molar-refractivity contribution in [2.75, 3.05) is 0 Å². The minimum Gasteiger partial charge on any atom is -0.409 e. The quantitative estimate of drug-likeness (QED) is 0.338. The van der Waals surface area contributed by atoms with Crippen LogP contribution in [-0.4, -0.2) is 22.5 Å². The van der Waals surface area contributed by atoms with E-state index in [4.69, 9.17) is 22.5 Å². The molecule has 0 unspecified atom stereocenters. The van der Waals surface area contributed by atoms with Crippen LogP contribution >= 0.6 is 11.6 Å². The number of nitrogens with one attached hydrogen (secondary N) is 1. The Labute approximate surface area is 121 Å². The molecule has 0 spiro atoms. The van der Waals surface area contributed by atoms with Crippen molar-refractivity contribution in [3.8, 4) is 0 Å². The lowest BCUT2D eigenvalue weighted by Crippen LogP contribution is -2.56. The second-order valence-corrected chi connectivity index (χ2v) is 4.76. The topological polar surface area (TPSA) is 87.7 Å². The number of amides is 1. The minimum atomic E-state index is -0.969. The minimum absolute atomic E-state index is 0.00288. The van der Waals surface area contributed by atoms with Crippen LogP contribution in [0.1, 0.15) is 37.0 Å². The van der Waals surface area contributed by atoms with Gasteiger partial charge in [0.05, 0.1) is 10.6 Å². The van der Waals surface area contributed by atoms with Gasteiger partial charge in [-0.1, -0.05) is 30.6 Å². The predicted molar refractivity (Wildman–Crippen MR) is 75.6 cm³/mol. The summed E-state index contributed by atoms with van der Waals surface area (Å²) in [5.41, 5.74) is 4.82. The van der Waals surface area contributed by atoms with Crippen LogP contribution in [0.2, 0.25) is 5.02 Å². The molecule has 0 radical (unpaired) electrons. The zero-order chi connectivity index (χ0) is 15.3. The van der Waals surface area contributed by atoms with Crippen molar-refractivity contribution in [1.82, 2.24) is 5.32 Å². The summed E-state index contributed by atoms with van der Waals surface area (Å²) in [6.07, 6.45) is 0.869. The number of carbonyl (C=O) groups is 1. The lowest BCUT2D eigenvalue weighted by Gasteiger charge is -2.31. The van der Waals surface area contributed by atoms with Gasteiger partial charge < -0.3 is 16.3 Å². The molecule has 0 bridgehead atoms. The molecule has 0 atom stereocenters. The van der Waals surface area contributed by atoms with Crippen LogP contribution in [0.3, 0.4) is 0 Å². The Bertz CT molecular complexity index is 530. The van der Waals surface area contributed by atoms with Gasteiger partial charge >= 0.3 is 0 Å². The summed E-state index contributed by atoms with van der Waals surface area (Å²) < 4.78 is 13.0. The van der Waals surface area contributed by atoms with E-state index in [1.807, 2.05) is 0 Å². The van der Waals surface area contributed by atoms with Crippen LogP contribution in [0.5, 0.6) is 0 Å². The molecule has 0 heterocycles. The van der Waals surface area contributed by atoms with Crippen molar-refractivity contribution in [2.24, 2.45) is 10.9 Å². The van der Waals surface area contributed by atoms with E-state index in [9.17, 15) is 9.18 Å². The monoisotopic (exact) mass is 301 g/mol. The van der Waals surface area contributed by atoms with Crippen LogP contribution in [0.25, 0.3) is 0 Å². The van der Waals surface area contributed by atoms with Crippen molar-refractivity contribution in [3.63, 3.8) is 0 Å². The third-order valence-corrected chi connectivity index (χ3v) is 3.65. The second-order valence-electron chi connectivity index (χ2n) is 4.35. The first kappa shape index (κ1) is 16.2. The van der Waals surface area contributed by atoms with Crippen molar-refractivity contribution < 1.29 is 14.4 Å². The van der Waals surface area contributed by atoms with Crippen molar-refractivity contribution in [2.45, 2.75) is 32.2 Å². The number of nitrogens with zero attached hydrogens (tertiary/aromatic N) is 1.